The number of likely N-dealkylation sites (N-methyl/N-ethyl adjacent to an activating group) is 1. The number of para-hydroxylation sites is 1. The molecule has 0 aromatic heterocycles. The molecular weight excluding hydrogens is 212 g/mol. The molecule has 4 heteroatoms. The molecule has 0 bridgehead atoms. The number of nitrogens with two attached hydrogens (primary N) is 1. The normalized spacial score (nSPS) is 21.2. The number of nitrogen functional groups attached to an aromatic ring is 1. The second-order valence-corrected chi connectivity index (χ2v) is 4.63. The van der Waals surface area contributed by atoms with Crippen LogP contribution in [0.3, 0.4) is 0 Å². The van der Waals surface area contributed by atoms with Gasteiger partial charge in [-0.3, -0.25) is 0 Å². The molecule has 1 heterocycles. The lowest BCUT2D eigenvalue weighted by Crippen LogP contribution is -2.50. The van der Waals surface area contributed by atoms with Crippen LogP contribution in [0.15, 0.2) is 18.2 Å². The van der Waals surface area contributed by atoms with E-state index in [1.807, 2.05) is 12.1 Å². The fourth-order valence-corrected chi connectivity index (χ4v) is 2.19. The van der Waals surface area contributed by atoms with E-state index in [1.54, 1.807) is 6.07 Å². The van der Waals surface area contributed by atoms with Crippen LogP contribution in [0, 0.1) is 11.3 Å². The third-order valence-corrected chi connectivity index (χ3v) is 3.50. The summed E-state index contributed by atoms with van der Waals surface area (Å²) in [6, 6.07) is 8.29. The van der Waals surface area contributed by atoms with Gasteiger partial charge in [-0.1, -0.05) is 6.07 Å². The standard InChI is InChI=1S/C13H18N4/c1-10-9-17(7-6-16(10)2)12-5-3-4-11(8-14)13(12)15/h3-5,10H,6-7,9,15H2,1-2H3. The molecule has 17 heavy (non-hydrogen) atoms. The molecule has 4 nitrogen and oxygen atoms in total. The van der Waals surface area contributed by atoms with Crippen LogP contribution in [0.2, 0.25) is 0 Å². The summed E-state index contributed by atoms with van der Waals surface area (Å²) in [4.78, 5) is 4.60. The van der Waals surface area contributed by atoms with E-state index in [-0.39, 0.29) is 0 Å². The van der Waals surface area contributed by atoms with Crippen molar-refractivity contribution < 1.29 is 0 Å². The molecule has 0 aliphatic carbocycles. The van der Waals surface area contributed by atoms with Gasteiger partial charge in [-0.25, -0.2) is 0 Å². The lowest BCUT2D eigenvalue weighted by molar-refractivity contribution is 0.234. The van der Waals surface area contributed by atoms with Crippen molar-refractivity contribution in [1.29, 1.82) is 5.26 Å². The van der Waals surface area contributed by atoms with Crippen LogP contribution >= 0.6 is 0 Å². The molecule has 2 rings (SSSR count). The van der Waals surface area contributed by atoms with Gasteiger partial charge in [0.05, 0.1) is 16.9 Å². The Morgan fingerprint density at radius 2 is 2.18 bits per heavy atom. The SMILES string of the molecule is CC1CN(c2cccc(C#N)c2N)CCN1C. The smallest absolute Gasteiger partial charge is 0.101 e. The van der Waals surface area contributed by atoms with Crippen molar-refractivity contribution >= 4 is 11.4 Å². The molecule has 1 aliphatic rings. The zero-order valence-corrected chi connectivity index (χ0v) is 10.3. The number of nitriles is 1. The summed E-state index contributed by atoms with van der Waals surface area (Å²) in [7, 11) is 2.14. The predicted octanol–water partition coefficient (Wildman–Crippen LogP) is 1.28. The first-order valence-corrected chi connectivity index (χ1v) is 5.87. The summed E-state index contributed by atoms with van der Waals surface area (Å²) in [6.45, 7) is 5.14. The van der Waals surface area contributed by atoms with E-state index in [2.05, 4.69) is 29.8 Å². The molecule has 1 fully saturated rings. The highest BCUT2D eigenvalue weighted by Crippen LogP contribution is 2.27. The van der Waals surface area contributed by atoms with Gasteiger partial charge in [0.25, 0.3) is 0 Å². The topological polar surface area (TPSA) is 56.3 Å². The van der Waals surface area contributed by atoms with Crippen molar-refractivity contribution in [2.45, 2.75) is 13.0 Å². The van der Waals surface area contributed by atoms with Crippen LogP contribution in [-0.4, -0.2) is 37.6 Å². The van der Waals surface area contributed by atoms with Gasteiger partial charge in [0.15, 0.2) is 0 Å². The van der Waals surface area contributed by atoms with Crippen LogP contribution in [0.5, 0.6) is 0 Å². The van der Waals surface area contributed by atoms with Crippen LogP contribution in [0.25, 0.3) is 0 Å². The van der Waals surface area contributed by atoms with Crippen LogP contribution in [0.1, 0.15) is 12.5 Å². The molecule has 0 radical (unpaired) electrons. The molecule has 1 aromatic carbocycles. The van der Waals surface area contributed by atoms with Gasteiger partial charge < -0.3 is 15.5 Å². The van der Waals surface area contributed by atoms with Crippen LogP contribution < -0.4 is 10.6 Å². The van der Waals surface area contributed by atoms with Crippen molar-refractivity contribution in [2.24, 2.45) is 0 Å². The number of hydrogen-bond acceptors (Lipinski definition) is 4. The van der Waals surface area contributed by atoms with Crippen molar-refractivity contribution in [3.05, 3.63) is 23.8 Å². The Balaban J connectivity index is 2.27. The second kappa shape index (κ2) is 4.64. The summed E-state index contributed by atoms with van der Waals surface area (Å²) in [5, 5.41) is 8.98. The highest BCUT2D eigenvalue weighted by Gasteiger charge is 2.22. The molecule has 1 aliphatic heterocycles. The Morgan fingerprint density at radius 3 is 2.82 bits per heavy atom. The van der Waals surface area contributed by atoms with Gasteiger partial charge in [0.2, 0.25) is 0 Å². The van der Waals surface area contributed by atoms with Crippen molar-refractivity contribution in [1.82, 2.24) is 4.90 Å². The van der Waals surface area contributed by atoms with Crippen molar-refractivity contribution in [2.75, 3.05) is 37.3 Å². The van der Waals surface area contributed by atoms with Gasteiger partial charge in [0, 0.05) is 25.7 Å². The van der Waals surface area contributed by atoms with Crippen molar-refractivity contribution in [3.8, 4) is 6.07 Å². The zero-order valence-electron chi connectivity index (χ0n) is 10.3. The quantitative estimate of drug-likeness (QED) is 0.738. The Morgan fingerprint density at radius 1 is 1.41 bits per heavy atom. The molecule has 1 unspecified atom stereocenters. The highest BCUT2D eigenvalue weighted by atomic mass is 15.3. The van der Waals surface area contributed by atoms with Crippen LogP contribution in [0.4, 0.5) is 11.4 Å². The fourth-order valence-electron chi connectivity index (χ4n) is 2.19. The summed E-state index contributed by atoms with van der Waals surface area (Å²) < 4.78 is 0. The molecule has 0 amide bonds. The van der Waals surface area contributed by atoms with Gasteiger partial charge in [-0.2, -0.15) is 5.26 Å². The lowest BCUT2D eigenvalue weighted by Gasteiger charge is -2.39. The molecule has 90 valence electrons. The van der Waals surface area contributed by atoms with Gasteiger partial charge in [-0.15, -0.1) is 0 Å². The maximum absolute atomic E-state index is 8.98. The highest BCUT2D eigenvalue weighted by molar-refractivity contribution is 5.74. The first-order valence-electron chi connectivity index (χ1n) is 5.87. The maximum atomic E-state index is 8.98. The maximum Gasteiger partial charge on any atom is 0.101 e. The molecule has 0 spiro atoms. The number of nitrogens with zero attached hydrogens (tertiary/aromatic N) is 3. The van der Waals surface area contributed by atoms with E-state index in [0.29, 0.717) is 17.3 Å². The largest absolute Gasteiger partial charge is 0.396 e. The Labute approximate surface area is 102 Å². The summed E-state index contributed by atoms with van der Waals surface area (Å²) >= 11 is 0. The fraction of sp³-hybridized carbons (Fsp3) is 0.462. The second-order valence-electron chi connectivity index (χ2n) is 4.63. The number of benzene rings is 1. The van der Waals surface area contributed by atoms with E-state index >= 15 is 0 Å². The Hall–Kier alpha value is -1.73. The Bertz CT molecular complexity index is 449. The third kappa shape index (κ3) is 2.20. The van der Waals surface area contributed by atoms with Crippen LogP contribution in [-0.2, 0) is 0 Å². The minimum absolute atomic E-state index is 0.508. The molecular formula is C13H18N4. The van der Waals surface area contributed by atoms with Crippen molar-refractivity contribution in [3.63, 3.8) is 0 Å². The molecule has 0 saturated carbocycles. The minimum Gasteiger partial charge on any atom is -0.396 e. The number of anilines is 2. The van der Waals surface area contributed by atoms with E-state index < -0.39 is 0 Å². The average molecular weight is 230 g/mol. The molecule has 1 saturated heterocycles. The number of hydrogen-bond donors (Lipinski definition) is 1. The van der Waals surface area contributed by atoms with Gasteiger partial charge >= 0.3 is 0 Å². The van der Waals surface area contributed by atoms with Gasteiger partial charge in [0.1, 0.15) is 6.07 Å². The molecule has 2 N–H and O–H groups in total. The third-order valence-electron chi connectivity index (χ3n) is 3.50. The van der Waals surface area contributed by atoms with E-state index in [0.717, 1.165) is 25.3 Å². The number of rotatable bonds is 1. The Kier molecular flexibility index (Phi) is 3.21. The minimum atomic E-state index is 0.508. The lowest BCUT2D eigenvalue weighted by atomic mass is 10.1. The average Bonchev–Trinajstić information content (AvgIpc) is 2.33. The van der Waals surface area contributed by atoms with E-state index in [9.17, 15) is 0 Å². The number of piperazine rings is 1. The first-order chi connectivity index (χ1) is 8.13. The monoisotopic (exact) mass is 230 g/mol. The first kappa shape index (κ1) is 11.7. The summed E-state index contributed by atoms with van der Waals surface area (Å²) in [5.41, 5.74) is 8.18. The van der Waals surface area contributed by atoms with Gasteiger partial charge in [-0.05, 0) is 26.1 Å². The zero-order chi connectivity index (χ0) is 12.4. The molecule has 1 atom stereocenters. The van der Waals surface area contributed by atoms with E-state index in [4.69, 9.17) is 11.0 Å². The summed E-state index contributed by atoms with van der Waals surface area (Å²) in [5.74, 6) is 0. The summed E-state index contributed by atoms with van der Waals surface area (Å²) in [6.07, 6.45) is 0. The predicted molar refractivity (Wildman–Crippen MR) is 69.9 cm³/mol. The molecule has 1 aromatic rings. The van der Waals surface area contributed by atoms with E-state index in [1.165, 1.54) is 0 Å².